The van der Waals surface area contributed by atoms with Gasteiger partial charge in [-0.1, -0.05) is 20.8 Å². The van der Waals surface area contributed by atoms with Crippen molar-refractivity contribution < 1.29 is 22.1 Å². The predicted octanol–water partition coefficient (Wildman–Crippen LogP) is 1.33. The van der Waals surface area contributed by atoms with Gasteiger partial charge in [-0.2, -0.15) is 8.42 Å². The van der Waals surface area contributed by atoms with Crippen molar-refractivity contribution >= 4 is 16.1 Å². The van der Waals surface area contributed by atoms with E-state index in [4.69, 9.17) is 8.92 Å². The zero-order valence-corrected chi connectivity index (χ0v) is 12.3. The van der Waals surface area contributed by atoms with Crippen LogP contribution in [0, 0.1) is 23.2 Å². The molecule has 0 aromatic rings. The van der Waals surface area contributed by atoms with Gasteiger partial charge in [0.05, 0.1) is 23.9 Å². The third kappa shape index (κ3) is 2.09. The number of carbonyl (C=O) groups excluding carboxylic acids is 1. The Morgan fingerprint density at radius 1 is 1.32 bits per heavy atom. The molecule has 0 amide bonds. The predicted molar refractivity (Wildman–Crippen MR) is 67.7 cm³/mol. The normalized spacial score (nSPS) is 42.6. The first-order chi connectivity index (χ1) is 8.69. The summed E-state index contributed by atoms with van der Waals surface area (Å²) in [5.41, 5.74) is -0.0849. The van der Waals surface area contributed by atoms with Gasteiger partial charge in [0.1, 0.15) is 0 Å². The highest BCUT2D eigenvalue weighted by atomic mass is 32.2. The molecule has 1 heterocycles. The first-order valence-corrected chi connectivity index (χ1v) is 8.25. The van der Waals surface area contributed by atoms with E-state index in [9.17, 15) is 13.2 Å². The first-order valence-electron chi connectivity index (χ1n) is 6.78. The summed E-state index contributed by atoms with van der Waals surface area (Å²) in [5.74, 6) is -0.559. The third-order valence-electron chi connectivity index (χ3n) is 4.41. The van der Waals surface area contributed by atoms with Gasteiger partial charge in [0, 0.05) is 5.92 Å². The Kier molecular flexibility index (Phi) is 2.78. The van der Waals surface area contributed by atoms with Crippen LogP contribution < -0.4 is 0 Å². The summed E-state index contributed by atoms with van der Waals surface area (Å²) in [7, 11) is -3.45. The van der Waals surface area contributed by atoms with E-state index in [0.29, 0.717) is 13.0 Å². The minimum atomic E-state index is -3.45. The van der Waals surface area contributed by atoms with Gasteiger partial charge in [0.15, 0.2) is 0 Å². The maximum atomic E-state index is 12.2. The van der Waals surface area contributed by atoms with Crippen molar-refractivity contribution in [2.24, 2.45) is 23.2 Å². The molecule has 6 heteroatoms. The number of carbonyl (C=O) groups is 1. The Balaban J connectivity index is 1.73. The second kappa shape index (κ2) is 3.95. The maximum absolute atomic E-state index is 12.2. The van der Waals surface area contributed by atoms with Crippen molar-refractivity contribution in [2.45, 2.75) is 45.0 Å². The van der Waals surface area contributed by atoms with Crippen LogP contribution in [0.3, 0.4) is 0 Å². The number of rotatable bonds is 2. The molecule has 19 heavy (non-hydrogen) atoms. The van der Waals surface area contributed by atoms with E-state index in [0.717, 1.165) is 6.42 Å². The Bertz CT molecular complexity index is 504. The lowest BCUT2D eigenvalue weighted by atomic mass is 9.86. The molecule has 3 fully saturated rings. The highest BCUT2D eigenvalue weighted by Crippen LogP contribution is 2.57. The van der Waals surface area contributed by atoms with Gasteiger partial charge >= 0.3 is 5.97 Å². The van der Waals surface area contributed by atoms with Crippen LogP contribution in [-0.2, 0) is 23.8 Å². The second-order valence-corrected chi connectivity index (χ2v) is 8.97. The van der Waals surface area contributed by atoms with E-state index in [1.807, 2.05) is 20.8 Å². The van der Waals surface area contributed by atoms with Crippen molar-refractivity contribution in [1.29, 1.82) is 0 Å². The molecule has 0 aromatic carbocycles. The first kappa shape index (κ1) is 13.4. The summed E-state index contributed by atoms with van der Waals surface area (Å²) in [6, 6.07) is 0. The molecule has 2 bridgehead atoms. The van der Waals surface area contributed by atoms with E-state index in [2.05, 4.69) is 0 Å². The van der Waals surface area contributed by atoms with Gasteiger partial charge in [0.2, 0.25) is 0 Å². The molecular weight excluding hydrogens is 268 g/mol. The Hall–Kier alpha value is -0.620. The molecule has 108 valence electrons. The average Bonchev–Trinajstić information content (AvgIpc) is 2.85. The van der Waals surface area contributed by atoms with Crippen LogP contribution in [0.4, 0.5) is 0 Å². The molecule has 1 aliphatic heterocycles. The van der Waals surface area contributed by atoms with E-state index in [1.54, 1.807) is 0 Å². The Morgan fingerprint density at radius 2 is 2.00 bits per heavy atom. The molecule has 0 radical (unpaired) electrons. The fourth-order valence-electron chi connectivity index (χ4n) is 3.64. The lowest BCUT2D eigenvalue weighted by molar-refractivity contribution is -0.156. The van der Waals surface area contributed by atoms with Crippen molar-refractivity contribution in [1.82, 2.24) is 0 Å². The zero-order chi connectivity index (χ0) is 14.0. The summed E-state index contributed by atoms with van der Waals surface area (Å²) in [6.07, 6.45) is 0.865. The number of hydrogen-bond acceptors (Lipinski definition) is 5. The summed E-state index contributed by atoms with van der Waals surface area (Å²) in [4.78, 5) is 12.2. The van der Waals surface area contributed by atoms with Crippen molar-refractivity contribution in [2.75, 3.05) is 6.61 Å². The van der Waals surface area contributed by atoms with Gasteiger partial charge in [0.25, 0.3) is 10.1 Å². The van der Waals surface area contributed by atoms with E-state index in [1.165, 1.54) is 0 Å². The highest BCUT2D eigenvalue weighted by Gasteiger charge is 2.66. The van der Waals surface area contributed by atoms with Crippen LogP contribution in [0.1, 0.15) is 33.6 Å². The SMILES string of the molecule is CC(C)(C)COC(=O)C1C2CC3C1OS(=O)(=O)C3C2. The summed E-state index contributed by atoms with van der Waals surface area (Å²) in [5, 5.41) is -0.380. The number of esters is 1. The fourth-order valence-corrected chi connectivity index (χ4v) is 5.54. The summed E-state index contributed by atoms with van der Waals surface area (Å²) < 4.78 is 34.1. The van der Waals surface area contributed by atoms with E-state index >= 15 is 0 Å². The molecule has 2 saturated carbocycles. The number of hydrogen-bond donors (Lipinski definition) is 0. The second-order valence-electron chi connectivity index (χ2n) is 7.18. The molecule has 2 aliphatic carbocycles. The van der Waals surface area contributed by atoms with Gasteiger partial charge in [-0.05, 0) is 24.2 Å². The third-order valence-corrected chi connectivity index (χ3v) is 6.18. The maximum Gasteiger partial charge on any atom is 0.311 e. The molecule has 3 aliphatic rings. The minimum Gasteiger partial charge on any atom is -0.465 e. The van der Waals surface area contributed by atoms with E-state index < -0.39 is 16.2 Å². The molecular formula is C13H20O5S. The van der Waals surface area contributed by atoms with Crippen molar-refractivity contribution in [3.05, 3.63) is 0 Å². The minimum absolute atomic E-state index is 0.00202. The van der Waals surface area contributed by atoms with Gasteiger partial charge in [-0.3, -0.25) is 8.98 Å². The standard InChI is InChI=1S/C13H20O5S/c1-13(2,3)6-17-12(14)10-7-4-8-9(5-7)19(15,16)18-11(8)10/h7-11H,4-6H2,1-3H3. The summed E-state index contributed by atoms with van der Waals surface area (Å²) >= 11 is 0. The molecule has 0 aromatic heterocycles. The van der Waals surface area contributed by atoms with Crippen LogP contribution in [-0.4, -0.2) is 32.3 Å². The highest BCUT2D eigenvalue weighted by molar-refractivity contribution is 7.87. The average molecular weight is 288 g/mol. The molecule has 0 spiro atoms. The molecule has 5 nitrogen and oxygen atoms in total. The van der Waals surface area contributed by atoms with Gasteiger partial charge in [-0.15, -0.1) is 0 Å². The largest absolute Gasteiger partial charge is 0.465 e. The van der Waals surface area contributed by atoms with Crippen LogP contribution in [0.15, 0.2) is 0 Å². The van der Waals surface area contributed by atoms with Crippen LogP contribution in [0.2, 0.25) is 0 Å². The number of fused-ring (bicyclic) bond motifs is 1. The monoisotopic (exact) mass is 288 g/mol. The molecule has 1 saturated heterocycles. The quantitative estimate of drug-likeness (QED) is 0.566. The molecule has 0 N–H and O–H groups in total. The topological polar surface area (TPSA) is 69.7 Å². The zero-order valence-electron chi connectivity index (χ0n) is 11.5. The Morgan fingerprint density at radius 3 is 2.63 bits per heavy atom. The Labute approximate surface area is 113 Å². The summed E-state index contributed by atoms with van der Waals surface area (Å²) in [6.45, 7) is 6.33. The smallest absolute Gasteiger partial charge is 0.311 e. The molecule has 5 atom stereocenters. The molecule has 3 rings (SSSR count). The van der Waals surface area contributed by atoms with Gasteiger partial charge in [-0.25, -0.2) is 0 Å². The van der Waals surface area contributed by atoms with Crippen LogP contribution in [0.25, 0.3) is 0 Å². The van der Waals surface area contributed by atoms with E-state index in [-0.39, 0.29) is 34.4 Å². The lowest BCUT2D eigenvalue weighted by Gasteiger charge is -2.25. The fraction of sp³-hybridized carbons (Fsp3) is 0.923. The van der Waals surface area contributed by atoms with Crippen molar-refractivity contribution in [3.63, 3.8) is 0 Å². The van der Waals surface area contributed by atoms with Gasteiger partial charge < -0.3 is 4.74 Å². The number of ether oxygens (including phenoxy) is 1. The lowest BCUT2D eigenvalue weighted by Crippen LogP contribution is -2.36. The van der Waals surface area contributed by atoms with Crippen molar-refractivity contribution in [3.8, 4) is 0 Å². The van der Waals surface area contributed by atoms with Crippen LogP contribution in [0.5, 0.6) is 0 Å². The van der Waals surface area contributed by atoms with Crippen LogP contribution >= 0.6 is 0 Å². The molecule has 5 unspecified atom stereocenters.